The fraction of sp³-hybridized carbons (Fsp3) is 0.261. The number of anilines is 2. The molecule has 0 bridgehead atoms. The van der Waals surface area contributed by atoms with E-state index in [-0.39, 0.29) is 11.5 Å². The lowest BCUT2D eigenvalue weighted by Crippen LogP contribution is -2.43. The second-order valence-corrected chi connectivity index (χ2v) is 8.76. The van der Waals surface area contributed by atoms with Crippen molar-refractivity contribution in [3.05, 3.63) is 78.3 Å². The molecular weight excluding hydrogens is 396 g/mol. The van der Waals surface area contributed by atoms with Gasteiger partial charge >= 0.3 is 0 Å². The van der Waals surface area contributed by atoms with Crippen LogP contribution >= 0.6 is 11.3 Å². The van der Waals surface area contributed by atoms with Gasteiger partial charge in [0.05, 0.1) is 11.3 Å². The van der Waals surface area contributed by atoms with Crippen molar-refractivity contribution in [2.45, 2.75) is 33.9 Å². The monoisotopic (exact) mass is 418 g/mol. The molecule has 0 unspecified atom stereocenters. The number of hydrogen-bond acceptors (Lipinski definition) is 5. The van der Waals surface area contributed by atoms with Gasteiger partial charge in [0.1, 0.15) is 17.9 Å². The Morgan fingerprint density at radius 1 is 1.13 bits per heavy atom. The largest absolute Gasteiger partial charge is 0.334 e. The van der Waals surface area contributed by atoms with Crippen LogP contribution in [0.4, 0.5) is 11.4 Å². The van der Waals surface area contributed by atoms with Gasteiger partial charge in [-0.2, -0.15) is 0 Å². The summed E-state index contributed by atoms with van der Waals surface area (Å²) in [5.74, 6) is -0.220. The Hall–Kier alpha value is -3.19. The second-order valence-electron chi connectivity index (χ2n) is 7.78. The second kappa shape index (κ2) is 6.95. The van der Waals surface area contributed by atoms with Crippen LogP contribution in [0.3, 0.4) is 0 Å². The number of aromatic nitrogens is 1. The molecule has 6 nitrogen and oxygen atoms in total. The van der Waals surface area contributed by atoms with Crippen LogP contribution in [0.15, 0.2) is 46.2 Å². The molecule has 2 aliphatic heterocycles. The summed E-state index contributed by atoms with van der Waals surface area (Å²) in [6.45, 7) is 7.01. The Labute approximate surface area is 177 Å². The van der Waals surface area contributed by atoms with E-state index in [0.717, 1.165) is 34.5 Å². The van der Waals surface area contributed by atoms with Crippen LogP contribution < -0.4 is 25.1 Å². The van der Waals surface area contributed by atoms with Gasteiger partial charge in [-0.25, -0.2) is 4.99 Å². The quantitative estimate of drug-likeness (QED) is 0.695. The number of rotatable bonds is 2. The van der Waals surface area contributed by atoms with Crippen molar-refractivity contribution >= 4 is 34.2 Å². The van der Waals surface area contributed by atoms with Crippen LogP contribution in [-0.4, -0.2) is 17.1 Å². The maximum absolute atomic E-state index is 13.3. The minimum atomic E-state index is -0.220. The van der Waals surface area contributed by atoms with Crippen molar-refractivity contribution in [1.82, 2.24) is 4.57 Å². The maximum atomic E-state index is 13.3. The third-order valence-corrected chi connectivity index (χ3v) is 6.82. The van der Waals surface area contributed by atoms with E-state index in [1.165, 1.54) is 16.9 Å². The summed E-state index contributed by atoms with van der Waals surface area (Å²) in [5.41, 5.74) is 6.27. The topological polar surface area (TPSA) is 66.7 Å². The molecule has 3 heterocycles. The summed E-state index contributed by atoms with van der Waals surface area (Å²) in [5, 5.41) is 2.94. The van der Waals surface area contributed by atoms with Gasteiger partial charge in [0.25, 0.3) is 11.5 Å². The molecule has 7 heteroatoms. The van der Waals surface area contributed by atoms with E-state index < -0.39 is 0 Å². The van der Waals surface area contributed by atoms with Crippen molar-refractivity contribution in [3.63, 3.8) is 0 Å². The molecule has 30 heavy (non-hydrogen) atoms. The average Bonchev–Trinajstić information content (AvgIpc) is 3.24. The first kappa shape index (κ1) is 18.8. The zero-order chi connectivity index (χ0) is 21.0. The third-order valence-electron chi connectivity index (χ3n) is 5.70. The van der Waals surface area contributed by atoms with Crippen molar-refractivity contribution in [2.24, 2.45) is 4.99 Å². The molecule has 5 rings (SSSR count). The summed E-state index contributed by atoms with van der Waals surface area (Å²) in [6.07, 6.45) is 0.989. The summed E-state index contributed by atoms with van der Waals surface area (Å²) in [7, 11) is 0. The average molecular weight is 419 g/mol. The normalized spacial score (nSPS) is 16.8. The number of fused-ring (bicyclic) bond motifs is 2. The molecule has 2 aromatic carbocycles. The van der Waals surface area contributed by atoms with E-state index in [1.54, 1.807) is 4.57 Å². The van der Waals surface area contributed by atoms with Crippen LogP contribution in [0.25, 0.3) is 5.57 Å². The Bertz CT molecular complexity index is 1370. The predicted octanol–water partition coefficient (Wildman–Crippen LogP) is 2.29. The van der Waals surface area contributed by atoms with Gasteiger partial charge in [-0.05, 0) is 49.6 Å². The lowest BCUT2D eigenvalue weighted by atomic mass is 10.0. The van der Waals surface area contributed by atoms with Crippen LogP contribution in [0.5, 0.6) is 0 Å². The Morgan fingerprint density at radius 3 is 2.63 bits per heavy atom. The highest BCUT2D eigenvalue weighted by Crippen LogP contribution is 2.33. The predicted molar refractivity (Wildman–Crippen MR) is 120 cm³/mol. The lowest BCUT2D eigenvalue weighted by Gasteiger charge is -2.25. The van der Waals surface area contributed by atoms with E-state index in [0.29, 0.717) is 28.2 Å². The molecule has 1 amide bonds. The van der Waals surface area contributed by atoms with E-state index in [2.05, 4.69) is 46.4 Å². The Kier molecular flexibility index (Phi) is 4.36. The summed E-state index contributed by atoms with van der Waals surface area (Å²) in [4.78, 5) is 33.4. The van der Waals surface area contributed by atoms with Crippen LogP contribution in [0.1, 0.15) is 29.2 Å². The van der Waals surface area contributed by atoms with Crippen molar-refractivity contribution in [1.29, 1.82) is 0 Å². The molecule has 0 radical (unpaired) electrons. The zero-order valence-electron chi connectivity index (χ0n) is 17.2. The standard InChI is InChI=1S/C23H22N4O2S/c1-4-15-5-7-16(8-6-15)26-11-24-23-27(12-26)22(29)20(30-23)18-17-10-13(2)9-14(3)19(17)25-21(18)28/h5-10H,4,11-12H2,1-3H3,(H,25,28). The number of aryl methyl sites for hydroxylation is 3. The summed E-state index contributed by atoms with van der Waals surface area (Å²) < 4.78 is 2.12. The van der Waals surface area contributed by atoms with Gasteiger partial charge in [-0.15, -0.1) is 0 Å². The highest BCUT2D eigenvalue weighted by molar-refractivity contribution is 7.07. The van der Waals surface area contributed by atoms with Gasteiger partial charge in [-0.1, -0.05) is 42.0 Å². The first-order chi connectivity index (χ1) is 14.5. The fourth-order valence-corrected chi connectivity index (χ4v) is 5.18. The lowest BCUT2D eigenvalue weighted by molar-refractivity contribution is -0.110. The number of thiazole rings is 1. The molecule has 0 spiro atoms. The number of amides is 1. The fourth-order valence-electron chi connectivity index (χ4n) is 4.12. The molecule has 0 fully saturated rings. The first-order valence-electron chi connectivity index (χ1n) is 10.0. The van der Waals surface area contributed by atoms with Gasteiger partial charge in [-0.3, -0.25) is 14.2 Å². The third kappa shape index (κ3) is 2.89. The van der Waals surface area contributed by atoms with Gasteiger partial charge < -0.3 is 10.2 Å². The SMILES string of the molecule is CCc1ccc(N2CN=c3sc(=C4C(=O)Nc5c(C)cc(C)cc54)c(=O)n3C2)cc1. The van der Waals surface area contributed by atoms with Crippen LogP contribution in [0, 0.1) is 13.8 Å². The highest BCUT2D eigenvalue weighted by Gasteiger charge is 2.29. The van der Waals surface area contributed by atoms with E-state index >= 15 is 0 Å². The molecule has 0 saturated heterocycles. The molecule has 152 valence electrons. The number of carbonyl (C=O) groups is 1. The first-order valence-corrected chi connectivity index (χ1v) is 10.8. The summed E-state index contributed by atoms with van der Waals surface area (Å²) >= 11 is 1.30. The zero-order valence-corrected chi connectivity index (χ0v) is 18.0. The molecule has 0 atom stereocenters. The van der Waals surface area contributed by atoms with E-state index in [9.17, 15) is 9.59 Å². The Balaban J connectivity index is 1.62. The molecule has 0 aliphatic carbocycles. The van der Waals surface area contributed by atoms with Crippen molar-refractivity contribution < 1.29 is 4.79 Å². The van der Waals surface area contributed by atoms with Gasteiger partial charge in [0.15, 0.2) is 4.80 Å². The molecule has 3 aromatic rings. The number of nitrogens with zero attached hydrogens (tertiary/aromatic N) is 3. The highest BCUT2D eigenvalue weighted by atomic mass is 32.1. The van der Waals surface area contributed by atoms with Crippen LogP contribution in [0.2, 0.25) is 0 Å². The Morgan fingerprint density at radius 2 is 1.90 bits per heavy atom. The molecular formula is C23H22N4O2S. The molecule has 1 N–H and O–H groups in total. The van der Waals surface area contributed by atoms with Crippen molar-refractivity contribution in [2.75, 3.05) is 16.9 Å². The minimum absolute atomic E-state index is 0.161. The number of hydrogen-bond donors (Lipinski definition) is 1. The number of carbonyl (C=O) groups excluding carboxylic acids is 1. The smallest absolute Gasteiger partial charge is 0.272 e. The van der Waals surface area contributed by atoms with Gasteiger partial charge in [0.2, 0.25) is 0 Å². The van der Waals surface area contributed by atoms with E-state index in [1.807, 2.05) is 26.0 Å². The molecule has 1 aromatic heterocycles. The minimum Gasteiger partial charge on any atom is -0.334 e. The summed E-state index contributed by atoms with van der Waals surface area (Å²) in [6, 6.07) is 12.3. The molecule has 2 aliphatic rings. The molecule has 0 saturated carbocycles. The number of nitrogens with one attached hydrogen (secondary N) is 1. The van der Waals surface area contributed by atoms with Crippen LogP contribution in [-0.2, 0) is 17.9 Å². The van der Waals surface area contributed by atoms with Gasteiger partial charge in [0, 0.05) is 11.3 Å². The number of benzene rings is 2. The van der Waals surface area contributed by atoms with E-state index in [4.69, 9.17) is 0 Å². The van der Waals surface area contributed by atoms with Crippen molar-refractivity contribution in [3.8, 4) is 0 Å². The maximum Gasteiger partial charge on any atom is 0.272 e.